The molecule has 0 aliphatic heterocycles. The molecule has 2 rings (SSSR count). The molecule has 0 N–H and O–H groups in total. The van der Waals surface area contributed by atoms with E-state index in [1.807, 2.05) is 18.2 Å². The number of ketones is 1. The highest BCUT2D eigenvalue weighted by atomic mass is 16.5. The molecule has 2 aromatic rings. The van der Waals surface area contributed by atoms with Crippen molar-refractivity contribution in [2.75, 3.05) is 6.61 Å². The van der Waals surface area contributed by atoms with E-state index in [0.717, 1.165) is 5.56 Å². The molecule has 0 amide bonds. The van der Waals surface area contributed by atoms with E-state index in [0.29, 0.717) is 22.6 Å². The van der Waals surface area contributed by atoms with E-state index >= 15 is 0 Å². The molecule has 0 aromatic heterocycles. The molecule has 0 heterocycles. The number of rotatable bonds is 5. The number of carbonyl (C=O) groups is 2. The Hall–Kier alpha value is -2.93. The van der Waals surface area contributed by atoms with Gasteiger partial charge >= 0.3 is 5.97 Å². The van der Waals surface area contributed by atoms with E-state index in [1.165, 1.54) is 24.3 Å². The van der Waals surface area contributed by atoms with Crippen molar-refractivity contribution in [2.45, 2.75) is 19.8 Å². The largest absolute Gasteiger partial charge is 0.454 e. The number of Topliss-reactive ketones (excluding diaryl/α,β-unsaturated/α-hetero) is 1. The number of benzene rings is 2. The number of nitriles is 1. The van der Waals surface area contributed by atoms with Crippen molar-refractivity contribution < 1.29 is 14.3 Å². The Labute approximate surface area is 135 Å². The summed E-state index contributed by atoms with van der Waals surface area (Å²) in [6.07, 6.45) is 0. The summed E-state index contributed by atoms with van der Waals surface area (Å²) in [5, 5.41) is 8.71. The number of esters is 1. The average molecular weight is 307 g/mol. The van der Waals surface area contributed by atoms with Crippen molar-refractivity contribution in [2.24, 2.45) is 0 Å². The van der Waals surface area contributed by atoms with Gasteiger partial charge in [-0.25, -0.2) is 4.79 Å². The van der Waals surface area contributed by atoms with Crippen LogP contribution in [0.2, 0.25) is 0 Å². The Balaban J connectivity index is 1.95. The average Bonchev–Trinajstić information content (AvgIpc) is 2.59. The molecule has 0 fully saturated rings. The summed E-state index contributed by atoms with van der Waals surface area (Å²) in [7, 11) is 0. The Morgan fingerprint density at radius 1 is 1.00 bits per heavy atom. The molecule has 23 heavy (non-hydrogen) atoms. The van der Waals surface area contributed by atoms with Crippen LogP contribution in [0.15, 0.2) is 48.5 Å². The lowest BCUT2D eigenvalue weighted by Crippen LogP contribution is -2.14. The van der Waals surface area contributed by atoms with Gasteiger partial charge in [-0.3, -0.25) is 4.79 Å². The summed E-state index contributed by atoms with van der Waals surface area (Å²) in [5.41, 5.74) is 2.44. The van der Waals surface area contributed by atoms with Crippen molar-refractivity contribution in [1.82, 2.24) is 0 Å². The number of nitrogens with zero attached hydrogens (tertiary/aromatic N) is 1. The first-order chi connectivity index (χ1) is 11.0. The monoisotopic (exact) mass is 307 g/mol. The second kappa shape index (κ2) is 7.37. The summed E-state index contributed by atoms with van der Waals surface area (Å²) < 4.78 is 5.02. The molecule has 116 valence electrons. The van der Waals surface area contributed by atoms with Crippen molar-refractivity contribution in [3.05, 3.63) is 70.8 Å². The first-order valence-corrected chi connectivity index (χ1v) is 7.31. The van der Waals surface area contributed by atoms with Crippen LogP contribution >= 0.6 is 0 Å². The zero-order valence-electron chi connectivity index (χ0n) is 13.1. The zero-order chi connectivity index (χ0) is 16.8. The number of ether oxygens (including phenoxy) is 1. The predicted octanol–water partition coefficient (Wildman–Crippen LogP) is 3.72. The van der Waals surface area contributed by atoms with Crippen LogP contribution in [0.4, 0.5) is 0 Å². The fraction of sp³-hybridized carbons (Fsp3) is 0.211. The van der Waals surface area contributed by atoms with Gasteiger partial charge in [0.15, 0.2) is 12.4 Å². The van der Waals surface area contributed by atoms with Crippen LogP contribution in [0, 0.1) is 11.3 Å². The van der Waals surface area contributed by atoms with Gasteiger partial charge in [-0.15, -0.1) is 0 Å². The minimum Gasteiger partial charge on any atom is -0.454 e. The summed E-state index contributed by atoms with van der Waals surface area (Å²) in [6.45, 7) is 3.85. The van der Waals surface area contributed by atoms with Gasteiger partial charge in [-0.2, -0.15) is 5.26 Å². The number of hydrogen-bond acceptors (Lipinski definition) is 4. The van der Waals surface area contributed by atoms with Gasteiger partial charge in [0.25, 0.3) is 0 Å². The van der Waals surface area contributed by atoms with Crippen molar-refractivity contribution in [3.8, 4) is 6.07 Å². The molecular weight excluding hydrogens is 290 g/mol. The Morgan fingerprint density at radius 3 is 2.09 bits per heavy atom. The standard InChI is InChI=1S/C19H17NO3/c1-13(2)15-7-9-16(10-8-15)18(21)12-23-19(22)17-5-3-14(11-20)4-6-17/h3-10,13H,12H2,1-2H3. The van der Waals surface area contributed by atoms with Gasteiger partial charge in [-0.05, 0) is 35.7 Å². The van der Waals surface area contributed by atoms with Crippen LogP contribution in [-0.4, -0.2) is 18.4 Å². The van der Waals surface area contributed by atoms with E-state index < -0.39 is 5.97 Å². The highest BCUT2D eigenvalue weighted by Crippen LogP contribution is 2.15. The van der Waals surface area contributed by atoms with Gasteiger partial charge in [-0.1, -0.05) is 38.1 Å². The molecular formula is C19H17NO3. The molecule has 4 heteroatoms. The fourth-order valence-electron chi connectivity index (χ4n) is 2.03. The molecule has 0 atom stereocenters. The topological polar surface area (TPSA) is 67.2 Å². The Kier molecular flexibility index (Phi) is 5.27. The minimum atomic E-state index is -0.582. The molecule has 0 bridgehead atoms. The van der Waals surface area contributed by atoms with E-state index in [4.69, 9.17) is 10.00 Å². The number of carbonyl (C=O) groups excluding carboxylic acids is 2. The van der Waals surface area contributed by atoms with Crippen LogP contribution in [0.3, 0.4) is 0 Å². The van der Waals surface area contributed by atoms with Gasteiger partial charge in [0, 0.05) is 5.56 Å². The van der Waals surface area contributed by atoms with Crippen LogP contribution in [0.5, 0.6) is 0 Å². The van der Waals surface area contributed by atoms with Crippen LogP contribution in [0.25, 0.3) is 0 Å². The summed E-state index contributed by atoms with van der Waals surface area (Å²) in [4.78, 5) is 23.9. The van der Waals surface area contributed by atoms with Crippen molar-refractivity contribution >= 4 is 11.8 Å². The second-order valence-electron chi connectivity index (χ2n) is 5.47. The molecule has 0 aliphatic rings. The van der Waals surface area contributed by atoms with E-state index in [1.54, 1.807) is 12.1 Å². The lowest BCUT2D eigenvalue weighted by Gasteiger charge is -2.07. The Morgan fingerprint density at radius 2 is 1.57 bits per heavy atom. The maximum Gasteiger partial charge on any atom is 0.338 e. The molecule has 0 saturated carbocycles. The summed E-state index contributed by atoms with van der Waals surface area (Å²) >= 11 is 0. The second-order valence-corrected chi connectivity index (χ2v) is 5.47. The zero-order valence-corrected chi connectivity index (χ0v) is 13.1. The van der Waals surface area contributed by atoms with Gasteiger partial charge in [0.05, 0.1) is 17.2 Å². The first-order valence-electron chi connectivity index (χ1n) is 7.31. The van der Waals surface area contributed by atoms with E-state index in [-0.39, 0.29) is 12.4 Å². The van der Waals surface area contributed by atoms with E-state index in [2.05, 4.69) is 13.8 Å². The van der Waals surface area contributed by atoms with Gasteiger partial charge in [0.2, 0.25) is 0 Å². The normalized spacial score (nSPS) is 10.2. The molecule has 2 aromatic carbocycles. The summed E-state index contributed by atoms with van der Waals surface area (Å²) in [6, 6.07) is 15.3. The van der Waals surface area contributed by atoms with Gasteiger partial charge in [0.1, 0.15) is 0 Å². The third-order valence-corrected chi connectivity index (χ3v) is 3.48. The predicted molar refractivity (Wildman–Crippen MR) is 86.3 cm³/mol. The third-order valence-electron chi connectivity index (χ3n) is 3.48. The van der Waals surface area contributed by atoms with Crippen LogP contribution < -0.4 is 0 Å². The highest BCUT2D eigenvalue weighted by Gasteiger charge is 2.12. The van der Waals surface area contributed by atoms with Crippen molar-refractivity contribution in [1.29, 1.82) is 5.26 Å². The SMILES string of the molecule is CC(C)c1ccc(C(=O)COC(=O)c2ccc(C#N)cc2)cc1. The maximum atomic E-state index is 12.0. The first kappa shape index (κ1) is 16.4. The molecule has 0 spiro atoms. The van der Waals surface area contributed by atoms with Gasteiger partial charge < -0.3 is 4.74 Å². The molecule has 0 aliphatic carbocycles. The smallest absolute Gasteiger partial charge is 0.338 e. The lowest BCUT2D eigenvalue weighted by molar-refractivity contribution is 0.0475. The molecule has 0 radical (unpaired) electrons. The van der Waals surface area contributed by atoms with Crippen molar-refractivity contribution in [3.63, 3.8) is 0 Å². The van der Waals surface area contributed by atoms with E-state index in [9.17, 15) is 9.59 Å². The van der Waals surface area contributed by atoms with Crippen LogP contribution in [-0.2, 0) is 4.74 Å². The molecule has 0 saturated heterocycles. The minimum absolute atomic E-state index is 0.248. The molecule has 4 nitrogen and oxygen atoms in total. The quantitative estimate of drug-likeness (QED) is 0.623. The van der Waals surface area contributed by atoms with Crippen LogP contribution in [0.1, 0.15) is 51.6 Å². The fourth-order valence-corrected chi connectivity index (χ4v) is 2.03. The summed E-state index contributed by atoms with van der Waals surface area (Å²) in [5.74, 6) is -0.433. The third kappa shape index (κ3) is 4.27. The number of hydrogen-bond donors (Lipinski definition) is 0. The maximum absolute atomic E-state index is 12.0. The lowest BCUT2D eigenvalue weighted by atomic mass is 10.0. The highest BCUT2D eigenvalue weighted by molar-refractivity contribution is 5.99. The molecule has 0 unspecified atom stereocenters. The Bertz CT molecular complexity index is 738.